The Labute approximate surface area is 137 Å². The summed E-state index contributed by atoms with van der Waals surface area (Å²) in [7, 11) is 0. The predicted molar refractivity (Wildman–Crippen MR) is 88.6 cm³/mol. The molecule has 0 aliphatic carbocycles. The molecule has 0 fully saturated rings. The van der Waals surface area contributed by atoms with Crippen LogP contribution in [0.5, 0.6) is 0 Å². The summed E-state index contributed by atoms with van der Waals surface area (Å²) in [6, 6.07) is 7.91. The molecule has 2 rings (SSSR count). The summed E-state index contributed by atoms with van der Waals surface area (Å²) in [4.78, 5) is 16.7. The lowest BCUT2D eigenvalue weighted by molar-refractivity contribution is -0.136. The van der Waals surface area contributed by atoms with Crippen LogP contribution in [0.3, 0.4) is 0 Å². The molecule has 23 heavy (non-hydrogen) atoms. The van der Waals surface area contributed by atoms with Crippen molar-refractivity contribution in [1.29, 1.82) is 0 Å². The molecule has 0 aromatic carbocycles. The van der Waals surface area contributed by atoms with E-state index in [0.29, 0.717) is 19.6 Å². The first-order chi connectivity index (χ1) is 11.0. The van der Waals surface area contributed by atoms with E-state index in [-0.39, 0.29) is 18.0 Å². The lowest BCUT2D eigenvalue weighted by Gasteiger charge is -2.33. The van der Waals surface area contributed by atoms with Gasteiger partial charge in [-0.1, -0.05) is 0 Å². The number of furan rings is 2. The van der Waals surface area contributed by atoms with E-state index in [9.17, 15) is 4.79 Å². The third kappa shape index (κ3) is 4.99. The Hall–Kier alpha value is -2.01. The van der Waals surface area contributed by atoms with E-state index in [1.54, 1.807) is 12.5 Å². The molecule has 2 aromatic heterocycles. The Bertz CT molecular complexity index is 529. The molecule has 0 unspecified atom stereocenters. The van der Waals surface area contributed by atoms with Gasteiger partial charge in [0.05, 0.1) is 32.2 Å². The first-order valence-electron chi connectivity index (χ1n) is 8.05. The molecule has 1 amide bonds. The van der Waals surface area contributed by atoms with Crippen molar-refractivity contribution in [1.82, 2.24) is 9.80 Å². The zero-order valence-electron chi connectivity index (χ0n) is 14.4. The van der Waals surface area contributed by atoms with Gasteiger partial charge < -0.3 is 13.7 Å². The monoisotopic (exact) mass is 318 g/mol. The lowest BCUT2D eigenvalue weighted by Crippen LogP contribution is -2.46. The van der Waals surface area contributed by atoms with Crippen molar-refractivity contribution in [2.24, 2.45) is 0 Å². The standard InChI is InChI=1S/C18H26N2O3/c1-14(2)20(15(3)4)18(21)13-19(11-16-7-5-9-22-16)12-17-8-6-10-23-17/h5-10,14-15H,11-13H2,1-4H3. The molecule has 2 heterocycles. The second-order valence-corrected chi connectivity index (χ2v) is 6.29. The van der Waals surface area contributed by atoms with Gasteiger partial charge >= 0.3 is 0 Å². The Kier molecular flexibility index (Phi) is 6.04. The van der Waals surface area contributed by atoms with Gasteiger partial charge in [-0.05, 0) is 52.0 Å². The molecule has 0 atom stereocenters. The molecule has 2 aromatic rings. The van der Waals surface area contributed by atoms with Gasteiger partial charge in [0.25, 0.3) is 0 Å². The van der Waals surface area contributed by atoms with Crippen LogP contribution in [0.4, 0.5) is 0 Å². The molecule has 5 nitrogen and oxygen atoms in total. The minimum atomic E-state index is 0.119. The highest BCUT2D eigenvalue weighted by atomic mass is 16.3. The highest BCUT2D eigenvalue weighted by Gasteiger charge is 2.23. The number of nitrogens with zero attached hydrogens (tertiary/aromatic N) is 2. The molecule has 0 spiro atoms. The highest BCUT2D eigenvalue weighted by molar-refractivity contribution is 5.78. The summed E-state index contributed by atoms with van der Waals surface area (Å²) in [6.07, 6.45) is 3.30. The van der Waals surface area contributed by atoms with Crippen LogP contribution in [0.25, 0.3) is 0 Å². The number of amides is 1. The van der Waals surface area contributed by atoms with Crippen LogP contribution in [-0.2, 0) is 17.9 Å². The van der Waals surface area contributed by atoms with Crippen molar-refractivity contribution in [3.05, 3.63) is 48.3 Å². The summed E-state index contributed by atoms with van der Waals surface area (Å²) < 4.78 is 10.8. The van der Waals surface area contributed by atoms with Crippen molar-refractivity contribution in [2.75, 3.05) is 6.54 Å². The summed E-state index contributed by atoms with van der Waals surface area (Å²) in [6.45, 7) is 9.65. The number of rotatable bonds is 8. The Morgan fingerprint density at radius 1 is 0.957 bits per heavy atom. The maximum Gasteiger partial charge on any atom is 0.237 e. The van der Waals surface area contributed by atoms with E-state index in [0.717, 1.165) is 11.5 Å². The van der Waals surface area contributed by atoms with Crippen molar-refractivity contribution < 1.29 is 13.6 Å². The van der Waals surface area contributed by atoms with Crippen LogP contribution >= 0.6 is 0 Å². The van der Waals surface area contributed by atoms with Crippen molar-refractivity contribution in [3.63, 3.8) is 0 Å². The Balaban J connectivity index is 2.08. The van der Waals surface area contributed by atoms with Gasteiger partial charge in [0.1, 0.15) is 11.5 Å². The van der Waals surface area contributed by atoms with E-state index in [1.807, 2.05) is 61.8 Å². The fraction of sp³-hybridized carbons (Fsp3) is 0.500. The molecule has 0 saturated carbocycles. The van der Waals surface area contributed by atoms with E-state index < -0.39 is 0 Å². The highest BCUT2D eigenvalue weighted by Crippen LogP contribution is 2.13. The topological polar surface area (TPSA) is 49.8 Å². The zero-order chi connectivity index (χ0) is 16.8. The molecule has 0 bridgehead atoms. The number of hydrogen-bond acceptors (Lipinski definition) is 4. The van der Waals surface area contributed by atoms with Crippen molar-refractivity contribution >= 4 is 5.91 Å². The van der Waals surface area contributed by atoms with Crippen LogP contribution in [0.2, 0.25) is 0 Å². The van der Waals surface area contributed by atoms with Gasteiger partial charge in [-0.3, -0.25) is 9.69 Å². The SMILES string of the molecule is CC(C)N(C(=O)CN(Cc1ccco1)Cc1ccco1)C(C)C. The molecule has 0 aliphatic heterocycles. The fourth-order valence-corrected chi connectivity index (χ4v) is 2.86. The van der Waals surface area contributed by atoms with Crippen LogP contribution in [0.1, 0.15) is 39.2 Å². The first kappa shape index (κ1) is 17.3. The normalized spacial score (nSPS) is 11.6. The molecule has 5 heteroatoms. The summed E-state index contributed by atoms with van der Waals surface area (Å²) in [5.74, 6) is 1.79. The number of hydrogen-bond donors (Lipinski definition) is 0. The molecule has 0 radical (unpaired) electrons. The summed E-state index contributed by atoms with van der Waals surface area (Å²) >= 11 is 0. The maximum atomic E-state index is 12.7. The molecular formula is C18H26N2O3. The first-order valence-corrected chi connectivity index (χ1v) is 8.05. The van der Waals surface area contributed by atoms with Gasteiger partial charge in [0.15, 0.2) is 0 Å². The van der Waals surface area contributed by atoms with Gasteiger partial charge in [-0.25, -0.2) is 0 Å². The minimum absolute atomic E-state index is 0.119. The molecule has 0 aliphatic rings. The summed E-state index contributed by atoms with van der Waals surface area (Å²) in [5.41, 5.74) is 0. The second kappa shape index (κ2) is 8.02. The van der Waals surface area contributed by atoms with Crippen molar-refractivity contribution in [3.8, 4) is 0 Å². The second-order valence-electron chi connectivity index (χ2n) is 6.29. The average molecular weight is 318 g/mol. The quantitative estimate of drug-likeness (QED) is 0.747. The third-order valence-electron chi connectivity index (χ3n) is 3.68. The third-order valence-corrected chi connectivity index (χ3v) is 3.68. The summed E-state index contributed by atoms with van der Waals surface area (Å²) in [5, 5.41) is 0. The molecule has 0 N–H and O–H groups in total. The minimum Gasteiger partial charge on any atom is -0.468 e. The van der Waals surface area contributed by atoms with Gasteiger partial charge in [0.2, 0.25) is 5.91 Å². The van der Waals surface area contributed by atoms with E-state index in [2.05, 4.69) is 0 Å². The smallest absolute Gasteiger partial charge is 0.237 e. The van der Waals surface area contributed by atoms with E-state index in [1.165, 1.54) is 0 Å². The van der Waals surface area contributed by atoms with Gasteiger partial charge in [-0.2, -0.15) is 0 Å². The molecule has 126 valence electrons. The Morgan fingerprint density at radius 3 is 1.78 bits per heavy atom. The Morgan fingerprint density at radius 2 is 1.43 bits per heavy atom. The average Bonchev–Trinajstić information content (AvgIpc) is 3.11. The van der Waals surface area contributed by atoms with Crippen LogP contribution in [-0.4, -0.2) is 34.3 Å². The van der Waals surface area contributed by atoms with E-state index >= 15 is 0 Å². The molecule has 0 saturated heterocycles. The maximum absolute atomic E-state index is 12.7. The molecular weight excluding hydrogens is 292 g/mol. The van der Waals surface area contributed by atoms with Gasteiger partial charge in [-0.15, -0.1) is 0 Å². The number of carbonyl (C=O) groups excluding carboxylic acids is 1. The fourth-order valence-electron chi connectivity index (χ4n) is 2.86. The zero-order valence-corrected chi connectivity index (χ0v) is 14.4. The largest absolute Gasteiger partial charge is 0.468 e. The predicted octanol–water partition coefficient (Wildman–Crippen LogP) is 3.52. The lowest BCUT2D eigenvalue weighted by atomic mass is 10.2. The number of carbonyl (C=O) groups is 1. The van der Waals surface area contributed by atoms with E-state index in [4.69, 9.17) is 8.83 Å². The van der Waals surface area contributed by atoms with Crippen LogP contribution in [0.15, 0.2) is 45.6 Å². The van der Waals surface area contributed by atoms with Gasteiger partial charge in [0, 0.05) is 12.1 Å². The van der Waals surface area contributed by atoms with Crippen molar-refractivity contribution in [2.45, 2.75) is 52.9 Å². The van der Waals surface area contributed by atoms with Crippen LogP contribution in [0, 0.1) is 0 Å². The van der Waals surface area contributed by atoms with Crippen LogP contribution < -0.4 is 0 Å².